The highest BCUT2D eigenvalue weighted by Gasteiger charge is 2.15. The second-order valence-electron chi connectivity index (χ2n) is 5.46. The molecule has 0 radical (unpaired) electrons. The summed E-state index contributed by atoms with van der Waals surface area (Å²) in [6.45, 7) is 4.49. The second kappa shape index (κ2) is 7.05. The molecule has 0 aromatic heterocycles. The molecule has 0 bridgehead atoms. The molecule has 0 amide bonds. The lowest BCUT2D eigenvalue weighted by Gasteiger charge is -2.23. The monoisotopic (exact) mass is 209 g/mol. The average Bonchev–Trinajstić information content (AvgIpc) is 2.18. The van der Waals surface area contributed by atoms with Crippen LogP contribution >= 0.6 is 0 Å². The minimum atomic E-state index is 0.298. The van der Waals surface area contributed by atoms with Crippen molar-refractivity contribution >= 4 is 0 Å². The molecule has 88 valence electrons. The van der Waals surface area contributed by atoms with Gasteiger partial charge in [0.15, 0.2) is 0 Å². The lowest BCUT2D eigenvalue weighted by atomic mass is 9.85. The van der Waals surface area contributed by atoms with Gasteiger partial charge in [-0.3, -0.25) is 0 Å². The van der Waals surface area contributed by atoms with Crippen molar-refractivity contribution < 1.29 is 0 Å². The van der Waals surface area contributed by atoms with Gasteiger partial charge in [0.1, 0.15) is 0 Å². The van der Waals surface area contributed by atoms with Crippen molar-refractivity contribution in [3.05, 3.63) is 12.2 Å². The van der Waals surface area contributed by atoms with E-state index < -0.39 is 0 Å². The predicted octanol–water partition coefficient (Wildman–Crippen LogP) is 3.89. The molecule has 1 nitrogen and oxygen atoms in total. The highest BCUT2D eigenvalue weighted by atomic mass is 14.6. The summed E-state index contributed by atoms with van der Waals surface area (Å²) in [7, 11) is 0. The number of hydrogen-bond acceptors (Lipinski definition) is 1. The van der Waals surface area contributed by atoms with Crippen molar-refractivity contribution in [2.24, 2.45) is 17.6 Å². The average molecular weight is 209 g/mol. The van der Waals surface area contributed by atoms with Crippen LogP contribution in [0.4, 0.5) is 0 Å². The van der Waals surface area contributed by atoms with Gasteiger partial charge in [-0.2, -0.15) is 0 Å². The van der Waals surface area contributed by atoms with Crippen LogP contribution in [0.3, 0.4) is 0 Å². The number of allylic oxidation sites excluding steroid dienone is 1. The standard InChI is InChI=1S/C14H27N/c1-12(2)7-6-10-14(15)11-13-8-4-3-5-9-13/h6,10,12-14H,3-5,7-9,11,15H2,1-2H3/b10-6-/t14-/m1/s1. The zero-order valence-electron chi connectivity index (χ0n) is 10.4. The van der Waals surface area contributed by atoms with E-state index in [1.54, 1.807) is 0 Å². The number of nitrogens with two attached hydrogens (primary N) is 1. The van der Waals surface area contributed by atoms with Crippen molar-refractivity contribution in [1.29, 1.82) is 0 Å². The Hall–Kier alpha value is -0.300. The number of hydrogen-bond donors (Lipinski definition) is 1. The molecule has 1 atom stereocenters. The Bertz CT molecular complexity index is 178. The lowest BCUT2D eigenvalue weighted by Crippen LogP contribution is -2.22. The van der Waals surface area contributed by atoms with E-state index in [1.165, 1.54) is 44.9 Å². The van der Waals surface area contributed by atoms with Crippen molar-refractivity contribution in [3.8, 4) is 0 Å². The summed E-state index contributed by atoms with van der Waals surface area (Å²) in [5.74, 6) is 1.65. The lowest BCUT2D eigenvalue weighted by molar-refractivity contribution is 0.329. The first-order valence-electron chi connectivity index (χ1n) is 6.60. The van der Waals surface area contributed by atoms with Gasteiger partial charge in [0.05, 0.1) is 0 Å². The Balaban J connectivity index is 2.16. The highest BCUT2D eigenvalue weighted by Crippen LogP contribution is 2.27. The van der Waals surface area contributed by atoms with Crippen LogP contribution in [0, 0.1) is 11.8 Å². The maximum atomic E-state index is 6.10. The van der Waals surface area contributed by atoms with Gasteiger partial charge in [-0.25, -0.2) is 0 Å². The van der Waals surface area contributed by atoms with Gasteiger partial charge < -0.3 is 5.73 Å². The van der Waals surface area contributed by atoms with E-state index in [2.05, 4.69) is 26.0 Å². The van der Waals surface area contributed by atoms with E-state index in [-0.39, 0.29) is 0 Å². The molecule has 0 aromatic rings. The fraction of sp³-hybridized carbons (Fsp3) is 0.857. The molecule has 0 saturated heterocycles. The maximum Gasteiger partial charge on any atom is 0.0226 e. The molecule has 1 heteroatoms. The van der Waals surface area contributed by atoms with Crippen LogP contribution in [-0.2, 0) is 0 Å². The fourth-order valence-corrected chi connectivity index (χ4v) is 2.41. The largest absolute Gasteiger partial charge is 0.324 e. The van der Waals surface area contributed by atoms with Crippen LogP contribution in [-0.4, -0.2) is 6.04 Å². The predicted molar refractivity (Wildman–Crippen MR) is 67.8 cm³/mol. The molecule has 0 unspecified atom stereocenters. The normalized spacial score (nSPS) is 21.3. The van der Waals surface area contributed by atoms with Crippen molar-refractivity contribution in [3.63, 3.8) is 0 Å². The maximum absolute atomic E-state index is 6.10. The zero-order valence-corrected chi connectivity index (χ0v) is 10.4. The Labute approximate surface area is 95.1 Å². The third-order valence-electron chi connectivity index (χ3n) is 3.32. The molecule has 1 saturated carbocycles. The first-order chi connectivity index (χ1) is 7.18. The molecule has 0 aromatic carbocycles. The fourth-order valence-electron chi connectivity index (χ4n) is 2.41. The number of rotatable bonds is 5. The summed E-state index contributed by atoms with van der Waals surface area (Å²) >= 11 is 0. The van der Waals surface area contributed by atoms with Crippen LogP contribution in [0.25, 0.3) is 0 Å². The molecule has 0 aliphatic heterocycles. The molecular formula is C14H27N. The zero-order chi connectivity index (χ0) is 11.1. The van der Waals surface area contributed by atoms with Crippen LogP contribution in [0.15, 0.2) is 12.2 Å². The van der Waals surface area contributed by atoms with E-state index in [1.807, 2.05) is 0 Å². The van der Waals surface area contributed by atoms with E-state index in [0.29, 0.717) is 6.04 Å². The van der Waals surface area contributed by atoms with E-state index >= 15 is 0 Å². The van der Waals surface area contributed by atoms with E-state index in [9.17, 15) is 0 Å². The third-order valence-corrected chi connectivity index (χ3v) is 3.32. The first kappa shape index (κ1) is 12.8. The van der Waals surface area contributed by atoms with Gasteiger partial charge in [-0.15, -0.1) is 0 Å². The summed E-state index contributed by atoms with van der Waals surface area (Å²) in [5, 5.41) is 0. The Morgan fingerprint density at radius 2 is 1.87 bits per heavy atom. The summed E-state index contributed by atoms with van der Waals surface area (Å²) in [6.07, 6.45) is 14.0. The quantitative estimate of drug-likeness (QED) is 0.683. The smallest absolute Gasteiger partial charge is 0.0226 e. The Morgan fingerprint density at radius 1 is 1.20 bits per heavy atom. The van der Waals surface area contributed by atoms with Crippen LogP contribution in [0.2, 0.25) is 0 Å². The molecule has 2 N–H and O–H groups in total. The molecule has 15 heavy (non-hydrogen) atoms. The van der Waals surface area contributed by atoms with Crippen LogP contribution < -0.4 is 5.73 Å². The molecule has 0 spiro atoms. The topological polar surface area (TPSA) is 26.0 Å². The highest BCUT2D eigenvalue weighted by molar-refractivity contribution is 4.93. The second-order valence-corrected chi connectivity index (χ2v) is 5.46. The molecule has 1 aliphatic carbocycles. The SMILES string of the molecule is CC(C)C/C=C\[C@@H](N)CC1CCCCC1. The minimum Gasteiger partial charge on any atom is -0.324 e. The Morgan fingerprint density at radius 3 is 2.47 bits per heavy atom. The molecular weight excluding hydrogens is 182 g/mol. The third kappa shape index (κ3) is 5.99. The summed E-state index contributed by atoms with van der Waals surface area (Å²) in [5.41, 5.74) is 6.10. The van der Waals surface area contributed by atoms with Crippen LogP contribution in [0.5, 0.6) is 0 Å². The van der Waals surface area contributed by atoms with Gasteiger partial charge >= 0.3 is 0 Å². The molecule has 0 heterocycles. The van der Waals surface area contributed by atoms with Gasteiger partial charge in [0.25, 0.3) is 0 Å². The van der Waals surface area contributed by atoms with Crippen molar-refractivity contribution in [2.45, 2.75) is 64.8 Å². The van der Waals surface area contributed by atoms with Gasteiger partial charge in [0, 0.05) is 6.04 Å². The summed E-state index contributed by atoms with van der Waals surface area (Å²) < 4.78 is 0. The summed E-state index contributed by atoms with van der Waals surface area (Å²) in [4.78, 5) is 0. The van der Waals surface area contributed by atoms with Crippen molar-refractivity contribution in [2.75, 3.05) is 0 Å². The van der Waals surface area contributed by atoms with Gasteiger partial charge in [-0.1, -0.05) is 58.1 Å². The molecule has 1 rings (SSSR count). The van der Waals surface area contributed by atoms with E-state index in [0.717, 1.165) is 11.8 Å². The molecule has 1 aliphatic rings. The summed E-state index contributed by atoms with van der Waals surface area (Å²) in [6, 6.07) is 0.298. The van der Waals surface area contributed by atoms with E-state index in [4.69, 9.17) is 5.73 Å². The van der Waals surface area contributed by atoms with Gasteiger partial charge in [0.2, 0.25) is 0 Å². The molecule has 1 fully saturated rings. The first-order valence-corrected chi connectivity index (χ1v) is 6.60. The minimum absolute atomic E-state index is 0.298. The Kier molecular flexibility index (Phi) is 6.00. The van der Waals surface area contributed by atoms with Gasteiger partial charge in [-0.05, 0) is 24.7 Å². The van der Waals surface area contributed by atoms with Crippen molar-refractivity contribution in [1.82, 2.24) is 0 Å². The van der Waals surface area contributed by atoms with Crippen LogP contribution in [0.1, 0.15) is 58.8 Å².